The summed E-state index contributed by atoms with van der Waals surface area (Å²) in [6.45, 7) is 2.63. The van der Waals surface area contributed by atoms with Crippen LogP contribution in [0, 0.1) is 0 Å². The number of unbranched alkanes of at least 4 members (excludes halogenated alkanes) is 1. The zero-order valence-electron chi connectivity index (χ0n) is 7.84. The molecule has 0 unspecified atom stereocenters. The summed E-state index contributed by atoms with van der Waals surface area (Å²) in [6, 6.07) is 0. The van der Waals surface area contributed by atoms with Gasteiger partial charge in [0, 0.05) is 13.0 Å². The van der Waals surface area contributed by atoms with Gasteiger partial charge in [0.1, 0.15) is 0 Å². The molecule has 0 spiro atoms. The molecule has 0 aromatic heterocycles. The van der Waals surface area contributed by atoms with Crippen LogP contribution < -0.4 is 11.1 Å². The number of hydrogen-bond acceptors (Lipinski definition) is 3. The van der Waals surface area contributed by atoms with Crippen molar-refractivity contribution in [2.75, 3.05) is 13.2 Å². The Morgan fingerprint density at radius 1 is 1.38 bits per heavy atom. The molecule has 0 aliphatic carbocycles. The third kappa shape index (κ3) is 8.65. The van der Waals surface area contributed by atoms with Crippen molar-refractivity contribution in [1.29, 1.82) is 0 Å². The van der Waals surface area contributed by atoms with Crippen molar-refractivity contribution in [2.24, 2.45) is 5.73 Å². The van der Waals surface area contributed by atoms with E-state index in [1.807, 2.05) is 0 Å². The first kappa shape index (κ1) is 11.7. The van der Waals surface area contributed by atoms with Crippen LogP contribution in [0.5, 0.6) is 0 Å². The van der Waals surface area contributed by atoms with Crippen LogP contribution in [-0.4, -0.2) is 25.2 Å². The Labute approximate surface area is 77.6 Å². The highest BCUT2D eigenvalue weighted by Crippen LogP contribution is 1.92. The highest BCUT2D eigenvalue weighted by molar-refractivity contribution is 5.73. The summed E-state index contributed by atoms with van der Waals surface area (Å²) >= 11 is 0. The van der Waals surface area contributed by atoms with Crippen molar-refractivity contribution in [3.8, 4) is 0 Å². The highest BCUT2D eigenvalue weighted by Gasteiger charge is 1.98. The Morgan fingerprint density at radius 3 is 2.62 bits per heavy atom. The second-order valence-corrected chi connectivity index (χ2v) is 2.57. The zero-order valence-corrected chi connectivity index (χ0v) is 7.84. The van der Waals surface area contributed by atoms with Crippen LogP contribution in [0.15, 0.2) is 0 Å². The summed E-state index contributed by atoms with van der Waals surface area (Å²) in [5.74, 6) is -0.309. The van der Waals surface area contributed by atoms with Crippen LogP contribution >= 0.6 is 0 Å². The number of ether oxygens (including phenoxy) is 1. The van der Waals surface area contributed by atoms with E-state index in [9.17, 15) is 9.59 Å². The normalized spacial score (nSPS) is 9.31. The number of carbonyl (C=O) groups excluding carboxylic acids is 2. The van der Waals surface area contributed by atoms with Gasteiger partial charge < -0.3 is 15.8 Å². The molecule has 3 N–H and O–H groups in total. The van der Waals surface area contributed by atoms with Gasteiger partial charge in [0.15, 0.2) is 0 Å². The minimum Gasteiger partial charge on any atom is -0.450 e. The number of amides is 2. The van der Waals surface area contributed by atoms with E-state index in [0.717, 1.165) is 6.42 Å². The minimum absolute atomic E-state index is 0.309. The van der Waals surface area contributed by atoms with Gasteiger partial charge in [0.25, 0.3) is 0 Å². The first-order valence-corrected chi connectivity index (χ1v) is 4.35. The first-order chi connectivity index (χ1) is 6.16. The molecule has 0 rings (SSSR count). The molecule has 0 heterocycles. The largest absolute Gasteiger partial charge is 0.450 e. The Morgan fingerprint density at radius 2 is 2.08 bits per heavy atom. The highest BCUT2D eigenvalue weighted by atomic mass is 16.5. The fourth-order valence-corrected chi connectivity index (χ4v) is 0.797. The van der Waals surface area contributed by atoms with E-state index in [1.54, 1.807) is 6.92 Å². The van der Waals surface area contributed by atoms with Gasteiger partial charge in [-0.1, -0.05) is 0 Å². The zero-order chi connectivity index (χ0) is 10.1. The number of primary amides is 1. The molecule has 0 aromatic rings. The molecular formula is C8H16N2O3. The van der Waals surface area contributed by atoms with Crippen LogP contribution in [0.25, 0.3) is 0 Å². The van der Waals surface area contributed by atoms with Gasteiger partial charge in [-0.3, -0.25) is 4.79 Å². The summed E-state index contributed by atoms with van der Waals surface area (Å²) in [7, 11) is 0. The van der Waals surface area contributed by atoms with Crippen molar-refractivity contribution in [3.05, 3.63) is 0 Å². The van der Waals surface area contributed by atoms with E-state index < -0.39 is 6.09 Å². The molecule has 0 radical (unpaired) electrons. The summed E-state index contributed by atoms with van der Waals surface area (Å²) in [5.41, 5.74) is 4.93. The molecule has 0 fully saturated rings. The smallest absolute Gasteiger partial charge is 0.407 e. The molecule has 13 heavy (non-hydrogen) atoms. The fourth-order valence-electron chi connectivity index (χ4n) is 0.797. The maximum absolute atomic E-state index is 10.7. The molecule has 76 valence electrons. The van der Waals surface area contributed by atoms with Gasteiger partial charge in [0.05, 0.1) is 6.61 Å². The van der Waals surface area contributed by atoms with Crippen LogP contribution in [0.3, 0.4) is 0 Å². The molecule has 0 atom stereocenters. The summed E-state index contributed by atoms with van der Waals surface area (Å²) in [5, 5.41) is 2.54. The number of nitrogens with two attached hydrogens (primary N) is 1. The lowest BCUT2D eigenvalue weighted by Gasteiger charge is -2.03. The van der Waals surface area contributed by atoms with Crippen molar-refractivity contribution in [3.63, 3.8) is 0 Å². The predicted octanol–water partition coefficient (Wildman–Crippen LogP) is 0.388. The molecule has 0 aliphatic rings. The monoisotopic (exact) mass is 188 g/mol. The van der Waals surface area contributed by atoms with Gasteiger partial charge in [-0.2, -0.15) is 0 Å². The van der Waals surface area contributed by atoms with Crippen LogP contribution in [0.4, 0.5) is 4.79 Å². The Bertz CT molecular complexity index is 171. The average Bonchev–Trinajstić information content (AvgIpc) is 2.03. The maximum atomic E-state index is 10.7. The van der Waals surface area contributed by atoms with E-state index in [1.165, 1.54) is 0 Å². The predicted molar refractivity (Wildman–Crippen MR) is 48.1 cm³/mol. The topological polar surface area (TPSA) is 81.4 Å². The molecule has 0 saturated heterocycles. The van der Waals surface area contributed by atoms with Gasteiger partial charge in [-0.15, -0.1) is 0 Å². The van der Waals surface area contributed by atoms with E-state index in [-0.39, 0.29) is 5.91 Å². The second-order valence-electron chi connectivity index (χ2n) is 2.57. The standard InChI is InChI=1S/C8H16N2O3/c1-2-13-8(12)10-6-4-3-5-7(9)11/h2-6H2,1H3,(H2,9,11)(H,10,12). The van der Waals surface area contributed by atoms with Gasteiger partial charge >= 0.3 is 6.09 Å². The Hall–Kier alpha value is -1.26. The van der Waals surface area contributed by atoms with Crippen LogP contribution in [-0.2, 0) is 9.53 Å². The first-order valence-electron chi connectivity index (χ1n) is 4.35. The average molecular weight is 188 g/mol. The molecule has 2 amide bonds. The van der Waals surface area contributed by atoms with Crippen molar-refractivity contribution < 1.29 is 14.3 Å². The summed E-state index contributed by atoms with van der Waals surface area (Å²) < 4.78 is 4.63. The lowest BCUT2D eigenvalue weighted by molar-refractivity contribution is -0.118. The second kappa shape index (κ2) is 7.39. The number of nitrogens with one attached hydrogen (secondary N) is 1. The van der Waals surface area contributed by atoms with Crippen LogP contribution in [0.2, 0.25) is 0 Å². The van der Waals surface area contributed by atoms with Crippen LogP contribution in [0.1, 0.15) is 26.2 Å². The summed E-state index contributed by atoms with van der Waals surface area (Å²) in [4.78, 5) is 21.0. The van der Waals surface area contributed by atoms with E-state index in [0.29, 0.717) is 26.0 Å². The lowest BCUT2D eigenvalue weighted by atomic mass is 10.2. The van der Waals surface area contributed by atoms with Gasteiger partial charge in [-0.05, 0) is 19.8 Å². The number of carbonyl (C=O) groups is 2. The maximum Gasteiger partial charge on any atom is 0.407 e. The summed E-state index contributed by atoms with van der Waals surface area (Å²) in [6.07, 6.45) is 1.38. The van der Waals surface area contributed by atoms with E-state index >= 15 is 0 Å². The molecule has 5 heteroatoms. The molecular weight excluding hydrogens is 172 g/mol. The Balaban J connectivity index is 3.16. The van der Waals surface area contributed by atoms with Gasteiger partial charge in [0.2, 0.25) is 5.91 Å². The molecule has 0 aliphatic heterocycles. The fraction of sp³-hybridized carbons (Fsp3) is 0.750. The van der Waals surface area contributed by atoms with Crippen molar-refractivity contribution in [2.45, 2.75) is 26.2 Å². The number of alkyl carbamates (subject to hydrolysis) is 1. The van der Waals surface area contributed by atoms with E-state index in [2.05, 4.69) is 10.1 Å². The molecule has 5 nitrogen and oxygen atoms in total. The Kier molecular flexibility index (Phi) is 6.68. The molecule has 0 saturated carbocycles. The van der Waals surface area contributed by atoms with E-state index in [4.69, 9.17) is 5.73 Å². The van der Waals surface area contributed by atoms with Gasteiger partial charge in [-0.25, -0.2) is 4.79 Å². The third-order valence-corrected chi connectivity index (χ3v) is 1.39. The van der Waals surface area contributed by atoms with Crippen molar-refractivity contribution >= 4 is 12.0 Å². The molecule has 0 aromatic carbocycles. The minimum atomic E-state index is -0.415. The number of hydrogen-bond donors (Lipinski definition) is 2. The number of rotatable bonds is 6. The van der Waals surface area contributed by atoms with Crippen molar-refractivity contribution in [1.82, 2.24) is 5.32 Å². The third-order valence-electron chi connectivity index (χ3n) is 1.39. The quantitative estimate of drug-likeness (QED) is 0.591. The SMILES string of the molecule is CCOC(=O)NCCCCC(N)=O. The molecule has 0 bridgehead atoms. The lowest BCUT2D eigenvalue weighted by Crippen LogP contribution is -2.25.